The first-order chi connectivity index (χ1) is 4.31. The Hall–Kier alpha value is -0.0800. The van der Waals surface area contributed by atoms with Crippen LogP contribution in [0, 0.1) is 0 Å². The first-order valence-corrected chi connectivity index (χ1v) is 3.53. The highest BCUT2D eigenvalue weighted by Crippen LogP contribution is 1.92. The van der Waals surface area contributed by atoms with Gasteiger partial charge in [0.25, 0.3) is 0 Å². The zero-order valence-corrected chi connectivity index (χ0v) is 6.61. The first kappa shape index (κ1) is 8.92. The van der Waals surface area contributed by atoms with E-state index >= 15 is 0 Å². The molecule has 0 bridgehead atoms. The van der Waals surface area contributed by atoms with Crippen molar-refractivity contribution in [1.29, 1.82) is 0 Å². The molecular weight excluding hydrogens is 114 g/mol. The van der Waals surface area contributed by atoms with Crippen LogP contribution < -0.4 is 5.32 Å². The number of nitrogens with one attached hydrogen (secondary N) is 1. The summed E-state index contributed by atoms with van der Waals surface area (Å²) >= 11 is 0. The summed E-state index contributed by atoms with van der Waals surface area (Å²) in [5, 5.41) is 3.21. The third-order valence-corrected chi connectivity index (χ3v) is 1.30. The summed E-state index contributed by atoms with van der Waals surface area (Å²) in [4.78, 5) is 0. The summed E-state index contributed by atoms with van der Waals surface area (Å²) in [6, 6.07) is 0.593. The molecule has 0 aliphatic carbocycles. The van der Waals surface area contributed by atoms with Crippen molar-refractivity contribution in [3.63, 3.8) is 0 Å². The summed E-state index contributed by atoms with van der Waals surface area (Å²) in [6.07, 6.45) is 2.46. The van der Waals surface area contributed by atoms with Crippen LogP contribution in [0.25, 0.3) is 0 Å². The lowest BCUT2D eigenvalue weighted by molar-refractivity contribution is 0.164. The average Bonchev–Trinajstić information content (AvgIpc) is 1.85. The van der Waals surface area contributed by atoms with Crippen molar-refractivity contribution in [2.75, 3.05) is 13.8 Å². The van der Waals surface area contributed by atoms with Crippen molar-refractivity contribution in [1.82, 2.24) is 5.32 Å². The third kappa shape index (κ3) is 5.80. The van der Waals surface area contributed by atoms with Gasteiger partial charge in [0.2, 0.25) is 0 Å². The topological polar surface area (TPSA) is 21.3 Å². The fraction of sp³-hybridized carbons (Fsp3) is 1.00. The highest BCUT2D eigenvalue weighted by Gasteiger charge is 1.95. The SMILES string of the molecule is CCCC(C)NCOC. The molecule has 1 atom stereocenters. The molecule has 0 spiro atoms. The summed E-state index contributed by atoms with van der Waals surface area (Å²) in [7, 11) is 1.70. The van der Waals surface area contributed by atoms with E-state index < -0.39 is 0 Å². The largest absolute Gasteiger partial charge is 0.370 e. The monoisotopic (exact) mass is 131 g/mol. The molecule has 2 nitrogen and oxygen atoms in total. The number of hydrogen-bond donors (Lipinski definition) is 1. The van der Waals surface area contributed by atoms with Gasteiger partial charge in [-0.05, 0) is 13.3 Å². The second-order valence-corrected chi connectivity index (χ2v) is 2.33. The molecule has 0 saturated carbocycles. The van der Waals surface area contributed by atoms with E-state index in [2.05, 4.69) is 19.2 Å². The van der Waals surface area contributed by atoms with Gasteiger partial charge in [-0.2, -0.15) is 0 Å². The Kier molecular flexibility index (Phi) is 5.99. The lowest BCUT2D eigenvalue weighted by Crippen LogP contribution is -2.27. The number of hydrogen-bond acceptors (Lipinski definition) is 2. The van der Waals surface area contributed by atoms with E-state index in [1.165, 1.54) is 12.8 Å². The van der Waals surface area contributed by atoms with E-state index in [0.29, 0.717) is 12.8 Å². The van der Waals surface area contributed by atoms with Gasteiger partial charge < -0.3 is 4.74 Å². The van der Waals surface area contributed by atoms with Gasteiger partial charge in [-0.15, -0.1) is 0 Å². The minimum absolute atomic E-state index is 0.593. The summed E-state index contributed by atoms with van der Waals surface area (Å²) < 4.78 is 4.85. The Morgan fingerprint density at radius 2 is 2.22 bits per heavy atom. The minimum atomic E-state index is 0.593. The van der Waals surface area contributed by atoms with Crippen LogP contribution in [0.15, 0.2) is 0 Å². The molecule has 0 radical (unpaired) electrons. The van der Waals surface area contributed by atoms with Crippen LogP contribution in [-0.2, 0) is 4.74 Å². The van der Waals surface area contributed by atoms with Crippen LogP contribution in [0.4, 0.5) is 0 Å². The highest BCUT2D eigenvalue weighted by molar-refractivity contribution is 4.54. The molecule has 56 valence electrons. The molecule has 0 aromatic carbocycles. The van der Waals surface area contributed by atoms with Crippen molar-refractivity contribution in [3.05, 3.63) is 0 Å². The van der Waals surface area contributed by atoms with E-state index in [1.54, 1.807) is 7.11 Å². The Labute approximate surface area is 57.6 Å². The molecule has 0 heterocycles. The smallest absolute Gasteiger partial charge is 0.0963 e. The van der Waals surface area contributed by atoms with Gasteiger partial charge in [-0.3, -0.25) is 5.32 Å². The van der Waals surface area contributed by atoms with E-state index in [9.17, 15) is 0 Å². The molecule has 0 aromatic rings. The predicted molar refractivity (Wildman–Crippen MR) is 39.4 cm³/mol. The summed E-state index contributed by atoms with van der Waals surface area (Å²) in [6.45, 7) is 5.02. The van der Waals surface area contributed by atoms with E-state index in [-0.39, 0.29) is 0 Å². The molecule has 0 aliphatic rings. The average molecular weight is 131 g/mol. The maximum absolute atomic E-state index is 4.85. The van der Waals surface area contributed by atoms with E-state index in [0.717, 1.165) is 0 Å². The molecule has 0 amide bonds. The molecule has 2 heteroatoms. The molecule has 9 heavy (non-hydrogen) atoms. The minimum Gasteiger partial charge on any atom is -0.370 e. The second kappa shape index (κ2) is 6.05. The van der Waals surface area contributed by atoms with Crippen LogP contribution in [0.3, 0.4) is 0 Å². The molecule has 0 rings (SSSR count). The summed E-state index contributed by atoms with van der Waals surface area (Å²) in [5.74, 6) is 0. The van der Waals surface area contributed by atoms with Gasteiger partial charge in [0.15, 0.2) is 0 Å². The van der Waals surface area contributed by atoms with Crippen LogP contribution in [0.5, 0.6) is 0 Å². The fourth-order valence-corrected chi connectivity index (χ4v) is 0.761. The van der Waals surface area contributed by atoms with Gasteiger partial charge in [-0.25, -0.2) is 0 Å². The van der Waals surface area contributed by atoms with Crippen LogP contribution in [-0.4, -0.2) is 19.9 Å². The van der Waals surface area contributed by atoms with Crippen molar-refractivity contribution < 1.29 is 4.74 Å². The van der Waals surface area contributed by atoms with Gasteiger partial charge in [0.05, 0.1) is 6.73 Å². The van der Waals surface area contributed by atoms with Crippen molar-refractivity contribution in [2.45, 2.75) is 32.7 Å². The quantitative estimate of drug-likeness (QED) is 0.569. The Balaban J connectivity index is 2.95. The zero-order valence-electron chi connectivity index (χ0n) is 6.61. The van der Waals surface area contributed by atoms with Gasteiger partial charge in [0, 0.05) is 13.2 Å². The van der Waals surface area contributed by atoms with E-state index in [1.807, 2.05) is 0 Å². The zero-order chi connectivity index (χ0) is 7.11. The molecule has 1 N–H and O–H groups in total. The fourth-order valence-electron chi connectivity index (χ4n) is 0.761. The van der Waals surface area contributed by atoms with Crippen LogP contribution in [0.2, 0.25) is 0 Å². The lowest BCUT2D eigenvalue weighted by atomic mass is 10.2. The Morgan fingerprint density at radius 1 is 1.56 bits per heavy atom. The van der Waals surface area contributed by atoms with Crippen LogP contribution in [0.1, 0.15) is 26.7 Å². The van der Waals surface area contributed by atoms with Gasteiger partial charge in [0.1, 0.15) is 0 Å². The molecule has 0 aliphatic heterocycles. The standard InChI is InChI=1S/C7H17NO/c1-4-5-7(2)8-6-9-3/h7-8H,4-6H2,1-3H3. The first-order valence-electron chi connectivity index (χ1n) is 3.53. The Bertz CT molecular complexity index is 56.9. The van der Waals surface area contributed by atoms with Crippen molar-refractivity contribution in [3.8, 4) is 0 Å². The third-order valence-electron chi connectivity index (χ3n) is 1.30. The van der Waals surface area contributed by atoms with Crippen molar-refractivity contribution in [2.24, 2.45) is 0 Å². The second-order valence-electron chi connectivity index (χ2n) is 2.33. The highest BCUT2D eigenvalue weighted by atomic mass is 16.5. The van der Waals surface area contributed by atoms with Crippen LogP contribution >= 0.6 is 0 Å². The molecule has 0 aromatic heterocycles. The molecule has 0 fully saturated rings. The normalized spacial score (nSPS) is 13.7. The van der Waals surface area contributed by atoms with Gasteiger partial charge >= 0.3 is 0 Å². The number of rotatable bonds is 5. The number of methoxy groups -OCH3 is 1. The van der Waals surface area contributed by atoms with E-state index in [4.69, 9.17) is 4.74 Å². The molecule has 0 saturated heterocycles. The lowest BCUT2D eigenvalue weighted by Gasteiger charge is -2.10. The Morgan fingerprint density at radius 3 is 2.67 bits per heavy atom. The summed E-state index contributed by atoms with van der Waals surface area (Å²) in [5.41, 5.74) is 0. The predicted octanol–water partition coefficient (Wildman–Crippen LogP) is 1.37. The maximum Gasteiger partial charge on any atom is 0.0963 e. The maximum atomic E-state index is 4.85. The van der Waals surface area contributed by atoms with Crippen molar-refractivity contribution >= 4 is 0 Å². The van der Waals surface area contributed by atoms with Gasteiger partial charge in [-0.1, -0.05) is 13.3 Å². The molecule has 1 unspecified atom stereocenters. The molecular formula is C7H17NO. The number of ether oxygens (including phenoxy) is 1.